The van der Waals surface area contributed by atoms with Crippen LogP contribution in [0.5, 0.6) is 0 Å². The monoisotopic (exact) mass is 403 g/mol. The van der Waals surface area contributed by atoms with Crippen molar-refractivity contribution < 1.29 is 14.3 Å². The minimum absolute atomic E-state index is 0.0155. The van der Waals surface area contributed by atoms with Crippen molar-refractivity contribution in [1.29, 1.82) is 5.26 Å². The molecule has 27 heavy (non-hydrogen) atoms. The molecule has 6 nitrogen and oxygen atoms in total. The molecule has 2 aromatic rings. The molecule has 0 aromatic carbocycles. The van der Waals surface area contributed by atoms with Gasteiger partial charge >= 0.3 is 5.97 Å². The van der Waals surface area contributed by atoms with Crippen LogP contribution < -0.4 is 5.32 Å². The van der Waals surface area contributed by atoms with E-state index in [0.717, 1.165) is 29.8 Å². The Morgan fingerprint density at radius 2 is 2.15 bits per heavy atom. The predicted octanol–water partition coefficient (Wildman–Crippen LogP) is 3.69. The van der Waals surface area contributed by atoms with Crippen molar-refractivity contribution in [3.63, 3.8) is 0 Å². The molecule has 2 aromatic heterocycles. The summed E-state index contributed by atoms with van der Waals surface area (Å²) in [6, 6.07) is 4.21. The van der Waals surface area contributed by atoms with Crippen LogP contribution in [0, 0.1) is 11.3 Å². The maximum absolute atomic E-state index is 12.4. The van der Waals surface area contributed by atoms with E-state index in [9.17, 15) is 14.9 Å². The van der Waals surface area contributed by atoms with E-state index in [4.69, 9.17) is 4.74 Å². The highest BCUT2D eigenvalue weighted by Crippen LogP contribution is 2.28. The lowest BCUT2D eigenvalue weighted by molar-refractivity contribution is -0.154. The van der Waals surface area contributed by atoms with Gasteiger partial charge in [-0.1, -0.05) is 19.3 Å². The molecule has 0 aliphatic heterocycles. The van der Waals surface area contributed by atoms with Gasteiger partial charge in [-0.25, -0.2) is 4.98 Å². The SMILES string of the molecule is C[C@@H](OC(=O)Cc1csc(-c2ccsc2)n1)C(=O)NC1(C#N)CCCCC1. The van der Waals surface area contributed by atoms with Crippen molar-refractivity contribution in [3.05, 3.63) is 27.9 Å². The fourth-order valence-electron chi connectivity index (χ4n) is 3.10. The van der Waals surface area contributed by atoms with Gasteiger partial charge in [0.15, 0.2) is 6.10 Å². The third-order valence-corrected chi connectivity index (χ3v) is 6.23. The zero-order valence-electron chi connectivity index (χ0n) is 15.1. The second-order valence-electron chi connectivity index (χ2n) is 6.71. The lowest BCUT2D eigenvalue weighted by atomic mass is 9.83. The van der Waals surface area contributed by atoms with Gasteiger partial charge in [0.05, 0.1) is 18.2 Å². The van der Waals surface area contributed by atoms with E-state index < -0.39 is 23.5 Å². The molecule has 0 spiro atoms. The Labute approximate surface area is 166 Å². The molecule has 0 saturated heterocycles. The molecule has 1 fully saturated rings. The van der Waals surface area contributed by atoms with Gasteiger partial charge in [-0.2, -0.15) is 16.6 Å². The van der Waals surface area contributed by atoms with Gasteiger partial charge in [-0.15, -0.1) is 11.3 Å². The quantitative estimate of drug-likeness (QED) is 0.743. The zero-order chi connectivity index (χ0) is 19.3. The van der Waals surface area contributed by atoms with Crippen LogP contribution in [-0.2, 0) is 20.7 Å². The average Bonchev–Trinajstić information content (AvgIpc) is 3.34. The lowest BCUT2D eigenvalue weighted by Gasteiger charge is -2.32. The Balaban J connectivity index is 1.53. The molecule has 2 heterocycles. The van der Waals surface area contributed by atoms with Gasteiger partial charge in [0, 0.05) is 16.3 Å². The number of amides is 1. The first-order chi connectivity index (χ1) is 13.0. The normalized spacial score (nSPS) is 16.9. The Morgan fingerprint density at radius 3 is 2.81 bits per heavy atom. The van der Waals surface area contributed by atoms with Crippen molar-refractivity contribution in [2.24, 2.45) is 0 Å². The van der Waals surface area contributed by atoms with Crippen molar-refractivity contribution in [2.75, 3.05) is 0 Å². The second-order valence-corrected chi connectivity index (χ2v) is 8.35. The molecule has 8 heteroatoms. The summed E-state index contributed by atoms with van der Waals surface area (Å²) >= 11 is 3.07. The zero-order valence-corrected chi connectivity index (χ0v) is 16.7. The summed E-state index contributed by atoms with van der Waals surface area (Å²) in [6.07, 6.45) is 3.25. The highest BCUT2D eigenvalue weighted by Gasteiger charge is 2.35. The van der Waals surface area contributed by atoms with Crippen LogP contribution in [0.1, 0.15) is 44.7 Å². The summed E-state index contributed by atoms with van der Waals surface area (Å²) in [5.74, 6) is -0.932. The summed E-state index contributed by atoms with van der Waals surface area (Å²) in [4.78, 5) is 29.0. The fourth-order valence-corrected chi connectivity index (χ4v) is 4.64. The van der Waals surface area contributed by atoms with Crippen LogP contribution in [-0.4, -0.2) is 28.5 Å². The summed E-state index contributed by atoms with van der Waals surface area (Å²) in [5.41, 5.74) is 0.826. The van der Waals surface area contributed by atoms with Gasteiger partial charge < -0.3 is 10.1 Å². The molecule has 0 unspecified atom stereocenters. The molecule has 1 saturated carbocycles. The van der Waals surface area contributed by atoms with E-state index >= 15 is 0 Å². The van der Waals surface area contributed by atoms with Crippen LogP contribution >= 0.6 is 22.7 Å². The highest BCUT2D eigenvalue weighted by atomic mass is 32.1. The van der Waals surface area contributed by atoms with Crippen LogP contribution in [0.4, 0.5) is 0 Å². The summed E-state index contributed by atoms with van der Waals surface area (Å²) in [6.45, 7) is 1.53. The van der Waals surface area contributed by atoms with Crippen molar-refractivity contribution in [2.45, 2.75) is 57.1 Å². The summed E-state index contributed by atoms with van der Waals surface area (Å²) in [5, 5.41) is 18.9. The molecule has 0 radical (unpaired) electrons. The van der Waals surface area contributed by atoms with E-state index in [2.05, 4.69) is 16.4 Å². The standard InChI is InChI=1S/C19H21N3O3S2/c1-13(17(24)22-19(12-20)6-3-2-4-7-19)25-16(23)9-15-11-27-18(21-15)14-5-8-26-10-14/h5,8,10-11,13H,2-4,6-7,9H2,1H3,(H,22,24)/t13-/m1/s1. The molecule has 1 N–H and O–H groups in total. The number of carbonyl (C=O) groups is 2. The number of carbonyl (C=O) groups excluding carboxylic acids is 2. The van der Waals surface area contributed by atoms with Crippen molar-refractivity contribution >= 4 is 34.6 Å². The largest absolute Gasteiger partial charge is 0.452 e. The Hall–Kier alpha value is -2.24. The fraction of sp³-hybridized carbons (Fsp3) is 0.474. The third-order valence-electron chi connectivity index (χ3n) is 4.61. The number of nitriles is 1. The first kappa shape index (κ1) is 19.5. The van der Waals surface area contributed by atoms with Crippen molar-refractivity contribution in [3.8, 4) is 16.6 Å². The number of hydrogen-bond acceptors (Lipinski definition) is 7. The topological polar surface area (TPSA) is 92.1 Å². The van der Waals surface area contributed by atoms with Crippen molar-refractivity contribution in [1.82, 2.24) is 10.3 Å². The van der Waals surface area contributed by atoms with Gasteiger partial charge in [-0.3, -0.25) is 9.59 Å². The van der Waals surface area contributed by atoms with E-state index in [1.807, 2.05) is 22.2 Å². The van der Waals surface area contributed by atoms with Gasteiger partial charge in [-0.05, 0) is 31.2 Å². The summed E-state index contributed by atoms with van der Waals surface area (Å²) < 4.78 is 5.25. The van der Waals surface area contributed by atoms with E-state index in [1.165, 1.54) is 18.3 Å². The highest BCUT2D eigenvalue weighted by molar-refractivity contribution is 7.14. The molecular formula is C19H21N3O3S2. The van der Waals surface area contributed by atoms with Crippen LogP contribution in [0.25, 0.3) is 10.6 Å². The number of rotatable bonds is 6. The number of thiazole rings is 1. The van der Waals surface area contributed by atoms with Crippen LogP contribution in [0.3, 0.4) is 0 Å². The smallest absolute Gasteiger partial charge is 0.312 e. The molecule has 0 bridgehead atoms. The first-order valence-electron chi connectivity index (χ1n) is 8.91. The molecule has 142 valence electrons. The van der Waals surface area contributed by atoms with Crippen LogP contribution in [0.2, 0.25) is 0 Å². The average molecular weight is 404 g/mol. The number of hydrogen-bond donors (Lipinski definition) is 1. The molecule has 1 aliphatic rings. The van der Waals surface area contributed by atoms with Crippen LogP contribution in [0.15, 0.2) is 22.2 Å². The van der Waals surface area contributed by atoms with E-state index in [1.54, 1.807) is 11.3 Å². The van der Waals surface area contributed by atoms with E-state index in [-0.39, 0.29) is 6.42 Å². The number of nitrogens with one attached hydrogen (secondary N) is 1. The van der Waals surface area contributed by atoms with Gasteiger partial charge in [0.2, 0.25) is 0 Å². The maximum Gasteiger partial charge on any atom is 0.312 e. The van der Waals surface area contributed by atoms with E-state index in [0.29, 0.717) is 18.5 Å². The maximum atomic E-state index is 12.4. The minimum Gasteiger partial charge on any atom is -0.452 e. The number of thiophene rings is 1. The Morgan fingerprint density at radius 1 is 1.37 bits per heavy atom. The van der Waals surface area contributed by atoms with Gasteiger partial charge in [0.1, 0.15) is 10.5 Å². The molecule has 1 amide bonds. The molecule has 1 atom stereocenters. The minimum atomic E-state index is -0.945. The third kappa shape index (κ3) is 4.93. The predicted molar refractivity (Wildman–Crippen MR) is 104 cm³/mol. The lowest BCUT2D eigenvalue weighted by Crippen LogP contribution is -2.52. The molecular weight excluding hydrogens is 382 g/mol. The Bertz CT molecular complexity index is 833. The Kier molecular flexibility index (Phi) is 6.24. The first-order valence-corrected chi connectivity index (χ1v) is 10.7. The number of aromatic nitrogens is 1. The number of esters is 1. The summed E-state index contributed by atoms with van der Waals surface area (Å²) in [7, 11) is 0. The number of ether oxygens (including phenoxy) is 1. The molecule has 1 aliphatic carbocycles. The number of nitrogens with zero attached hydrogens (tertiary/aromatic N) is 2. The molecule has 3 rings (SSSR count). The second kappa shape index (κ2) is 8.63. The van der Waals surface area contributed by atoms with Gasteiger partial charge in [0.25, 0.3) is 5.91 Å².